The van der Waals surface area contributed by atoms with Gasteiger partial charge >= 0.3 is 6.18 Å². The third kappa shape index (κ3) is 7.23. The van der Waals surface area contributed by atoms with Crippen molar-refractivity contribution in [3.63, 3.8) is 0 Å². The van der Waals surface area contributed by atoms with Crippen LogP contribution in [0.1, 0.15) is 50.3 Å². The second-order valence-corrected chi connectivity index (χ2v) is 9.07. The molecule has 0 aliphatic carbocycles. The number of alkyl halides is 3. The molecule has 2 aromatic rings. The van der Waals surface area contributed by atoms with Crippen molar-refractivity contribution in [3.8, 4) is 5.75 Å². The van der Waals surface area contributed by atoms with Gasteiger partial charge in [0, 0.05) is 19.0 Å². The van der Waals surface area contributed by atoms with Crippen molar-refractivity contribution in [2.45, 2.75) is 45.3 Å². The summed E-state index contributed by atoms with van der Waals surface area (Å²) in [7, 11) is 0. The molecule has 0 bridgehead atoms. The van der Waals surface area contributed by atoms with Crippen LogP contribution >= 0.6 is 0 Å². The van der Waals surface area contributed by atoms with E-state index in [0.29, 0.717) is 43.7 Å². The molecule has 1 aliphatic heterocycles. The second kappa shape index (κ2) is 11.4. The summed E-state index contributed by atoms with van der Waals surface area (Å²) in [5.74, 6) is 0.194. The molecule has 1 N–H and O–H groups in total. The van der Waals surface area contributed by atoms with Gasteiger partial charge in [0.25, 0.3) is 5.91 Å². The Balaban J connectivity index is 1.56. The molecule has 5 nitrogen and oxygen atoms in total. The molecule has 8 heteroatoms. The highest BCUT2D eigenvalue weighted by Crippen LogP contribution is 2.32. The van der Waals surface area contributed by atoms with Gasteiger partial charge in [-0.15, -0.1) is 0 Å². The lowest BCUT2D eigenvalue weighted by Gasteiger charge is -2.32. The fourth-order valence-electron chi connectivity index (χ4n) is 4.12. The minimum Gasteiger partial charge on any atom is -0.484 e. The fraction of sp³-hybridized carbons (Fsp3) is 0.462. The summed E-state index contributed by atoms with van der Waals surface area (Å²) in [4.78, 5) is 27.1. The highest BCUT2D eigenvalue weighted by Gasteiger charge is 2.32. The van der Waals surface area contributed by atoms with Crippen molar-refractivity contribution >= 4 is 11.8 Å². The number of ether oxygens (including phenoxy) is 1. The minimum absolute atomic E-state index is 0.0626. The zero-order chi connectivity index (χ0) is 24.7. The van der Waals surface area contributed by atoms with E-state index in [9.17, 15) is 22.8 Å². The number of amides is 2. The molecule has 0 saturated carbocycles. The monoisotopic (exact) mass is 476 g/mol. The summed E-state index contributed by atoms with van der Waals surface area (Å²) in [5.41, 5.74) is -0.278. The van der Waals surface area contributed by atoms with Crippen LogP contribution in [0, 0.1) is 11.8 Å². The molecule has 1 saturated heterocycles. The van der Waals surface area contributed by atoms with Crippen LogP contribution in [-0.4, -0.2) is 36.4 Å². The van der Waals surface area contributed by atoms with Gasteiger partial charge in [0.05, 0.1) is 11.6 Å². The van der Waals surface area contributed by atoms with Gasteiger partial charge in [-0.25, -0.2) is 0 Å². The van der Waals surface area contributed by atoms with Crippen LogP contribution in [-0.2, 0) is 15.8 Å². The summed E-state index contributed by atoms with van der Waals surface area (Å²) in [5, 5.41) is 2.97. The molecular formula is C26H31F3N2O3. The minimum atomic E-state index is -4.44. The summed E-state index contributed by atoms with van der Waals surface area (Å²) in [6.07, 6.45) is -2.91. The van der Waals surface area contributed by atoms with Crippen LogP contribution in [0.4, 0.5) is 13.2 Å². The van der Waals surface area contributed by atoms with Crippen LogP contribution in [0.2, 0.25) is 0 Å². The summed E-state index contributed by atoms with van der Waals surface area (Å²) in [6.45, 7) is 4.75. The van der Waals surface area contributed by atoms with Gasteiger partial charge in [0.2, 0.25) is 5.91 Å². The number of halogens is 3. The van der Waals surface area contributed by atoms with Gasteiger partial charge in [0.1, 0.15) is 5.75 Å². The zero-order valence-corrected chi connectivity index (χ0v) is 19.5. The van der Waals surface area contributed by atoms with E-state index < -0.39 is 17.8 Å². The van der Waals surface area contributed by atoms with E-state index in [0.717, 1.165) is 12.1 Å². The maximum Gasteiger partial charge on any atom is 0.416 e. The van der Waals surface area contributed by atoms with Gasteiger partial charge in [-0.05, 0) is 55.0 Å². The summed E-state index contributed by atoms with van der Waals surface area (Å²) in [6, 6.07) is 13.7. The Hall–Kier alpha value is -3.03. The van der Waals surface area contributed by atoms with Crippen LogP contribution in [0.3, 0.4) is 0 Å². The number of carbonyl (C=O) groups excluding carboxylic acids is 2. The Labute approximate surface area is 198 Å². The van der Waals surface area contributed by atoms with Crippen molar-refractivity contribution < 1.29 is 27.5 Å². The van der Waals surface area contributed by atoms with Crippen molar-refractivity contribution in [1.82, 2.24) is 10.2 Å². The number of nitrogens with one attached hydrogen (secondary N) is 1. The van der Waals surface area contributed by atoms with Gasteiger partial charge in [-0.2, -0.15) is 13.2 Å². The molecule has 1 aliphatic rings. The summed E-state index contributed by atoms with van der Waals surface area (Å²) >= 11 is 0. The van der Waals surface area contributed by atoms with Crippen molar-refractivity contribution in [2.24, 2.45) is 11.8 Å². The van der Waals surface area contributed by atoms with Gasteiger partial charge in [0.15, 0.2) is 6.61 Å². The smallest absolute Gasteiger partial charge is 0.416 e. The molecule has 1 fully saturated rings. The molecule has 184 valence electrons. The first-order chi connectivity index (χ1) is 16.1. The molecular weight excluding hydrogens is 445 g/mol. The molecule has 0 aromatic heterocycles. The van der Waals surface area contributed by atoms with E-state index in [1.54, 1.807) is 23.1 Å². The second-order valence-electron chi connectivity index (χ2n) is 9.07. The quantitative estimate of drug-likeness (QED) is 0.568. The third-order valence-corrected chi connectivity index (χ3v) is 5.96. The van der Waals surface area contributed by atoms with E-state index in [1.165, 1.54) is 6.07 Å². The Bertz CT molecular complexity index is 955. The van der Waals surface area contributed by atoms with Gasteiger partial charge < -0.3 is 15.0 Å². The number of nitrogens with zero attached hydrogens (tertiary/aromatic N) is 1. The largest absolute Gasteiger partial charge is 0.484 e. The van der Waals surface area contributed by atoms with E-state index in [2.05, 4.69) is 5.32 Å². The Morgan fingerprint density at radius 2 is 1.74 bits per heavy atom. The van der Waals surface area contributed by atoms with Gasteiger partial charge in [-0.1, -0.05) is 44.2 Å². The number of carbonyl (C=O) groups is 2. The normalized spacial score (nSPS) is 15.8. The first kappa shape index (κ1) is 25.6. The Morgan fingerprint density at radius 3 is 2.35 bits per heavy atom. The van der Waals surface area contributed by atoms with E-state index in [4.69, 9.17) is 4.74 Å². The standard InChI is InChI=1S/C26H31F3N2O3/c1-18(2)15-23(20-7-6-8-21(16-20)26(27,28)29)30-25(33)19-11-13-31(14-12-19)24(32)17-34-22-9-4-3-5-10-22/h3-10,16,18-19,23H,11-15,17H2,1-2H3,(H,30,33). The maximum absolute atomic E-state index is 13.2. The van der Waals surface area contributed by atoms with Crippen LogP contribution < -0.4 is 10.1 Å². The SMILES string of the molecule is CC(C)CC(NC(=O)C1CCN(C(=O)COc2ccccc2)CC1)c1cccc(C(F)(F)F)c1. The number of hydrogen-bond acceptors (Lipinski definition) is 3. The van der Waals surface area contributed by atoms with Gasteiger partial charge in [-0.3, -0.25) is 9.59 Å². The number of likely N-dealkylation sites (tertiary alicyclic amines) is 1. The van der Waals surface area contributed by atoms with Crippen LogP contribution in [0.5, 0.6) is 5.75 Å². The van der Waals surface area contributed by atoms with Crippen LogP contribution in [0.15, 0.2) is 54.6 Å². The molecule has 1 heterocycles. The number of hydrogen-bond donors (Lipinski definition) is 1. The topological polar surface area (TPSA) is 58.6 Å². The highest BCUT2D eigenvalue weighted by molar-refractivity contribution is 5.81. The molecule has 0 radical (unpaired) electrons. The number of piperidine rings is 1. The average Bonchev–Trinajstić information content (AvgIpc) is 2.82. The van der Waals surface area contributed by atoms with Crippen molar-refractivity contribution in [2.75, 3.05) is 19.7 Å². The Kier molecular flexibility index (Phi) is 8.58. The first-order valence-electron chi connectivity index (χ1n) is 11.6. The number of para-hydroxylation sites is 1. The van der Waals surface area contributed by atoms with E-state index >= 15 is 0 Å². The Morgan fingerprint density at radius 1 is 1.06 bits per heavy atom. The maximum atomic E-state index is 13.2. The number of rotatable bonds is 8. The summed E-state index contributed by atoms with van der Waals surface area (Å²) < 4.78 is 45.0. The van der Waals surface area contributed by atoms with Crippen molar-refractivity contribution in [1.29, 1.82) is 0 Å². The first-order valence-corrected chi connectivity index (χ1v) is 11.6. The molecule has 2 amide bonds. The zero-order valence-electron chi connectivity index (χ0n) is 19.5. The molecule has 34 heavy (non-hydrogen) atoms. The molecule has 1 atom stereocenters. The molecule has 2 aromatic carbocycles. The fourth-order valence-corrected chi connectivity index (χ4v) is 4.12. The molecule has 3 rings (SSSR count). The third-order valence-electron chi connectivity index (χ3n) is 5.96. The predicted molar refractivity (Wildman–Crippen MR) is 123 cm³/mol. The van der Waals surface area contributed by atoms with Crippen molar-refractivity contribution in [3.05, 3.63) is 65.7 Å². The molecule has 0 spiro atoms. The number of benzene rings is 2. The lowest BCUT2D eigenvalue weighted by Crippen LogP contribution is -2.45. The van der Waals surface area contributed by atoms with E-state index in [-0.39, 0.29) is 30.3 Å². The highest BCUT2D eigenvalue weighted by atomic mass is 19.4. The van der Waals surface area contributed by atoms with E-state index in [1.807, 2.05) is 32.0 Å². The molecule has 1 unspecified atom stereocenters. The lowest BCUT2D eigenvalue weighted by atomic mass is 9.92. The lowest BCUT2D eigenvalue weighted by molar-refractivity contribution is -0.138. The average molecular weight is 477 g/mol. The predicted octanol–water partition coefficient (Wildman–Crippen LogP) is 5.23. The van der Waals surface area contributed by atoms with Crippen LogP contribution in [0.25, 0.3) is 0 Å².